The maximum atomic E-state index is 12.8. The average molecular weight is 643 g/mol. The van der Waals surface area contributed by atoms with Crippen molar-refractivity contribution in [2.24, 2.45) is 11.5 Å². The van der Waals surface area contributed by atoms with E-state index in [-0.39, 0.29) is 49.4 Å². The summed E-state index contributed by atoms with van der Waals surface area (Å²) in [6, 6.07) is 3.05. The second-order valence-corrected chi connectivity index (χ2v) is 9.34. The SMILES string of the molecule is NCCCCC(N)C(=O)NCCC(=O)Nc1cc(COC(=O)O)ccc1OC1OC(C(=O)O)[C@@H](OC=O)C(OC=O)[C@H]1OC=O. The van der Waals surface area contributed by atoms with Gasteiger partial charge in [-0.25, -0.2) is 9.59 Å². The lowest BCUT2D eigenvalue weighted by Crippen LogP contribution is -2.63. The summed E-state index contributed by atoms with van der Waals surface area (Å²) in [7, 11) is 0. The number of carboxylic acid groups (broad SMARTS) is 2. The first kappa shape index (κ1) is 36.2. The van der Waals surface area contributed by atoms with Crippen LogP contribution in [0.5, 0.6) is 5.75 Å². The molecule has 1 aliphatic heterocycles. The smallest absolute Gasteiger partial charge is 0.479 e. The number of nitrogens with one attached hydrogen (secondary N) is 2. The zero-order valence-corrected chi connectivity index (χ0v) is 23.7. The third-order valence-electron chi connectivity index (χ3n) is 6.26. The molecule has 1 aromatic carbocycles. The van der Waals surface area contributed by atoms with Crippen molar-refractivity contribution in [2.75, 3.05) is 18.4 Å². The van der Waals surface area contributed by atoms with E-state index in [1.807, 2.05) is 0 Å². The van der Waals surface area contributed by atoms with E-state index in [1.165, 1.54) is 18.2 Å². The molecule has 19 heteroatoms. The van der Waals surface area contributed by atoms with Crippen LogP contribution in [0.15, 0.2) is 18.2 Å². The number of amides is 2. The van der Waals surface area contributed by atoms with Gasteiger partial charge in [0.05, 0.1) is 11.7 Å². The first-order chi connectivity index (χ1) is 21.6. The molecular weight excluding hydrogens is 608 g/mol. The number of aliphatic carboxylic acids is 1. The van der Waals surface area contributed by atoms with Crippen molar-refractivity contribution in [3.8, 4) is 5.75 Å². The fourth-order valence-corrected chi connectivity index (χ4v) is 4.17. The fourth-order valence-electron chi connectivity index (χ4n) is 4.17. The Morgan fingerprint density at radius 3 is 2.27 bits per heavy atom. The normalized spacial score (nSPS) is 21.2. The predicted octanol–water partition coefficient (Wildman–Crippen LogP) is -1.40. The summed E-state index contributed by atoms with van der Waals surface area (Å²) in [6.45, 7) is -0.357. The minimum atomic E-state index is -1.97. The molecule has 0 radical (unpaired) electrons. The number of hydrogen-bond donors (Lipinski definition) is 6. The molecule has 2 amide bonds. The standard InChI is InChI=1S/C26H34N4O15/c27-7-2-1-3-15(28)23(35)29-8-6-18(34)30-16-9-14(10-40-26(38)39)4-5-17(16)44-25-22(43-13-33)20(42-12-32)19(41-11-31)21(45-25)24(36)37/h4-5,9,11-13,15,19-22,25H,1-3,6-8,10,27-28H2,(H,29,35)(H,30,34)(H,36,37)(H,38,39)/t15?,19-,20?,21?,22+,25?/m0/s1. The zero-order chi connectivity index (χ0) is 33.4. The number of carbonyl (C=O) groups is 7. The largest absolute Gasteiger partial charge is 0.506 e. The number of unbranched alkanes of at least 4 members (excludes halogenated alkanes) is 1. The highest BCUT2D eigenvalue weighted by molar-refractivity contribution is 5.93. The van der Waals surface area contributed by atoms with Crippen LogP contribution in [0, 0.1) is 0 Å². The third kappa shape index (κ3) is 11.2. The van der Waals surface area contributed by atoms with Crippen molar-refractivity contribution in [1.82, 2.24) is 5.32 Å². The van der Waals surface area contributed by atoms with Crippen molar-refractivity contribution < 1.29 is 72.2 Å². The van der Waals surface area contributed by atoms with Crippen molar-refractivity contribution >= 4 is 49.0 Å². The molecule has 1 aliphatic rings. The van der Waals surface area contributed by atoms with Crippen molar-refractivity contribution in [1.29, 1.82) is 0 Å². The van der Waals surface area contributed by atoms with E-state index >= 15 is 0 Å². The lowest BCUT2D eigenvalue weighted by molar-refractivity contribution is -0.276. The number of rotatable bonds is 20. The maximum Gasteiger partial charge on any atom is 0.506 e. The van der Waals surface area contributed by atoms with Crippen LogP contribution in [0.2, 0.25) is 0 Å². The van der Waals surface area contributed by atoms with Gasteiger partial charge in [0.1, 0.15) is 12.4 Å². The number of nitrogens with two attached hydrogens (primary N) is 2. The highest BCUT2D eigenvalue weighted by Crippen LogP contribution is 2.33. The number of anilines is 1. The number of benzene rings is 1. The Hall–Kier alpha value is -5.01. The highest BCUT2D eigenvalue weighted by atomic mass is 16.7. The zero-order valence-electron chi connectivity index (χ0n) is 23.7. The molecular formula is C26H34N4O15. The Bertz CT molecular complexity index is 1200. The summed E-state index contributed by atoms with van der Waals surface area (Å²) in [6.07, 6.45) is -8.98. The van der Waals surface area contributed by atoms with Gasteiger partial charge < -0.3 is 60.7 Å². The number of hydrogen-bond acceptors (Lipinski definition) is 15. The summed E-state index contributed by atoms with van der Waals surface area (Å²) in [5.74, 6) is -2.98. The van der Waals surface area contributed by atoms with Gasteiger partial charge >= 0.3 is 12.1 Å². The molecule has 19 nitrogen and oxygen atoms in total. The molecule has 0 aromatic heterocycles. The van der Waals surface area contributed by atoms with E-state index in [2.05, 4.69) is 15.4 Å². The van der Waals surface area contributed by atoms with E-state index in [0.717, 1.165) is 0 Å². The molecule has 6 atom stereocenters. The van der Waals surface area contributed by atoms with Gasteiger partial charge in [0.15, 0.2) is 18.3 Å². The summed E-state index contributed by atoms with van der Waals surface area (Å²) < 4.78 is 30.3. The van der Waals surface area contributed by atoms with Gasteiger partial charge in [-0.05, 0) is 37.1 Å². The van der Waals surface area contributed by atoms with E-state index in [4.69, 9.17) is 40.3 Å². The molecule has 4 unspecified atom stereocenters. The average Bonchev–Trinajstić information content (AvgIpc) is 2.99. The van der Waals surface area contributed by atoms with Gasteiger partial charge in [-0.1, -0.05) is 12.5 Å². The van der Waals surface area contributed by atoms with Crippen molar-refractivity contribution in [2.45, 2.75) is 69.0 Å². The molecule has 1 heterocycles. The molecule has 1 saturated heterocycles. The van der Waals surface area contributed by atoms with Gasteiger partial charge in [0, 0.05) is 13.0 Å². The first-order valence-electron chi connectivity index (χ1n) is 13.4. The number of carbonyl (C=O) groups excluding carboxylic acids is 5. The lowest BCUT2D eigenvalue weighted by Gasteiger charge is -2.41. The number of ether oxygens (including phenoxy) is 6. The van der Waals surface area contributed by atoms with Gasteiger partial charge in [-0.3, -0.25) is 24.0 Å². The topological polar surface area (TPSA) is 291 Å². The van der Waals surface area contributed by atoms with Gasteiger partial charge in [-0.15, -0.1) is 0 Å². The lowest BCUT2D eigenvalue weighted by atomic mass is 9.98. The molecule has 248 valence electrons. The second kappa shape index (κ2) is 18.6. The predicted molar refractivity (Wildman–Crippen MR) is 146 cm³/mol. The highest BCUT2D eigenvalue weighted by Gasteiger charge is 2.54. The van der Waals surface area contributed by atoms with Gasteiger partial charge in [0.25, 0.3) is 19.4 Å². The minimum Gasteiger partial charge on any atom is -0.479 e. The van der Waals surface area contributed by atoms with Crippen molar-refractivity contribution in [3.63, 3.8) is 0 Å². The van der Waals surface area contributed by atoms with Crippen LogP contribution in [-0.2, 0) is 59.1 Å². The van der Waals surface area contributed by atoms with Crippen LogP contribution in [-0.4, -0.2) is 103 Å². The van der Waals surface area contributed by atoms with Crippen LogP contribution in [0.3, 0.4) is 0 Å². The van der Waals surface area contributed by atoms with E-state index in [1.54, 1.807) is 0 Å². The summed E-state index contributed by atoms with van der Waals surface area (Å²) in [5.41, 5.74) is 11.4. The van der Waals surface area contributed by atoms with Crippen LogP contribution < -0.4 is 26.8 Å². The molecule has 1 aromatic rings. The van der Waals surface area contributed by atoms with Gasteiger partial charge in [0.2, 0.25) is 24.2 Å². The van der Waals surface area contributed by atoms with Crippen LogP contribution >= 0.6 is 0 Å². The van der Waals surface area contributed by atoms with Gasteiger partial charge in [-0.2, -0.15) is 0 Å². The van der Waals surface area contributed by atoms with Crippen LogP contribution in [0.4, 0.5) is 10.5 Å². The summed E-state index contributed by atoms with van der Waals surface area (Å²) in [4.78, 5) is 81.2. The molecule has 0 bridgehead atoms. The van der Waals surface area contributed by atoms with E-state index in [0.29, 0.717) is 25.8 Å². The minimum absolute atomic E-state index is 0.0714. The molecule has 2 rings (SSSR count). The molecule has 0 aliphatic carbocycles. The Kier molecular flexibility index (Phi) is 15.0. The first-order valence-corrected chi connectivity index (χ1v) is 13.4. The van der Waals surface area contributed by atoms with E-state index in [9.17, 15) is 38.7 Å². The Morgan fingerprint density at radius 2 is 1.64 bits per heavy atom. The van der Waals surface area contributed by atoms with Crippen LogP contribution in [0.1, 0.15) is 31.2 Å². The second-order valence-electron chi connectivity index (χ2n) is 9.34. The van der Waals surface area contributed by atoms with E-state index < -0.39 is 67.3 Å². The molecule has 45 heavy (non-hydrogen) atoms. The number of carboxylic acids is 1. The fraction of sp³-hybridized carbons (Fsp3) is 0.500. The maximum absolute atomic E-state index is 12.8. The monoisotopic (exact) mass is 642 g/mol. The van der Waals surface area contributed by atoms with Crippen LogP contribution in [0.25, 0.3) is 0 Å². The quantitative estimate of drug-likeness (QED) is 0.0412. The summed E-state index contributed by atoms with van der Waals surface area (Å²) in [5, 5.41) is 23.5. The Labute approximate surface area is 255 Å². The Balaban J connectivity index is 2.29. The molecule has 1 fully saturated rings. The molecule has 0 spiro atoms. The van der Waals surface area contributed by atoms with Crippen molar-refractivity contribution in [3.05, 3.63) is 23.8 Å². The Morgan fingerprint density at radius 1 is 0.978 bits per heavy atom. The molecule has 8 N–H and O–H groups in total. The molecule has 0 saturated carbocycles. The summed E-state index contributed by atoms with van der Waals surface area (Å²) >= 11 is 0. The third-order valence-corrected chi connectivity index (χ3v) is 6.26.